The quantitative estimate of drug-likeness (QED) is 0.0346. The van der Waals surface area contributed by atoms with Gasteiger partial charge in [0.05, 0.1) is 6.61 Å². The number of ether oxygens (including phenoxy) is 3. The van der Waals surface area contributed by atoms with Gasteiger partial charge in [0.25, 0.3) is 0 Å². The van der Waals surface area contributed by atoms with Crippen LogP contribution >= 0.6 is 0 Å². The van der Waals surface area contributed by atoms with E-state index < -0.39 is 6.10 Å². The van der Waals surface area contributed by atoms with Crippen LogP contribution in [0.2, 0.25) is 0 Å². The van der Waals surface area contributed by atoms with Crippen molar-refractivity contribution in [2.75, 3.05) is 19.8 Å². The number of carbonyl (C=O) groups is 2. The Hall–Kier alpha value is -1.36. The van der Waals surface area contributed by atoms with Crippen molar-refractivity contribution >= 4 is 11.9 Å². The summed E-state index contributed by atoms with van der Waals surface area (Å²) >= 11 is 0. The number of hydrogen-bond acceptors (Lipinski definition) is 5. The van der Waals surface area contributed by atoms with Gasteiger partial charge in [-0.3, -0.25) is 9.59 Å². The van der Waals surface area contributed by atoms with Gasteiger partial charge in [-0.2, -0.15) is 0 Å². The first-order valence-corrected chi connectivity index (χ1v) is 28.2. The van der Waals surface area contributed by atoms with Crippen LogP contribution in [0, 0.1) is 0 Å². The maximum Gasteiger partial charge on any atom is 0.306 e. The fourth-order valence-electron chi connectivity index (χ4n) is 8.57. The summed E-state index contributed by atoms with van der Waals surface area (Å²) in [7, 11) is 0. The average molecular weight is 876 g/mol. The molecule has 0 spiro atoms. The lowest BCUT2D eigenvalue weighted by Crippen LogP contribution is -2.30. The number of esters is 2. The van der Waals surface area contributed by atoms with Gasteiger partial charge in [-0.05, 0) is 44.9 Å². The third-order valence-corrected chi connectivity index (χ3v) is 12.8. The highest BCUT2D eigenvalue weighted by Crippen LogP contribution is 2.17. The molecule has 1 atom stereocenters. The Morgan fingerprint density at radius 2 is 0.629 bits per heavy atom. The molecule has 0 amide bonds. The highest BCUT2D eigenvalue weighted by atomic mass is 16.6. The maximum atomic E-state index is 12.8. The first kappa shape index (κ1) is 60.6. The molecule has 0 heterocycles. The first-order valence-electron chi connectivity index (χ1n) is 28.2. The summed E-state index contributed by atoms with van der Waals surface area (Å²) in [5, 5.41) is 0. The van der Waals surface area contributed by atoms with E-state index in [0.29, 0.717) is 26.1 Å². The standard InChI is InChI=1S/C57H110O5/c1-4-7-10-13-16-19-22-25-26-27-28-29-30-31-34-37-40-43-46-49-52-60-53-55(62-57(59)51-48-45-42-39-36-33-24-21-18-15-12-9-6-3)54-61-56(58)50-47-44-41-38-35-32-23-20-17-14-11-8-5-2/h20,23,55H,4-19,21-22,24-54H2,1-3H3/b23-20-. The maximum absolute atomic E-state index is 12.8. The Labute approximate surface area is 388 Å². The zero-order chi connectivity index (χ0) is 44.9. The topological polar surface area (TPSA) is 61.8 Å². The number of carbonyl (C=O) groups excluding carboxylic acids is 2. The second-order valence-electron chi connectivity index (χ2n) is 19.2. The second-order valence-corrected chi connectivity index (χ2v) is 19.2. The molecule has 0 radical (unpaired) electrons. The molecule has 0 rings (SSSR count). The van der Waals surface area contributed by atoms with Crippen LogP contribution in [-0.2, 0) is 23.8 Å². The van der Waals surface area contributed by atoms with Gasteiger partial charge in [-0.1, -0.05) is 270 Å². The molecule has 0 aliphatic heterocycles. The van der Waals surface area contributed by atoms with Gasteiger partial charge < -0.3 is 14.2 Å². The van der Waals surface area contributed by atoms with Crippen LogP contribution in [-0.4, -0.2) is 37.9 Å². The van der Waals surface area contributed by atoms with E-state index in [4.69, 9.17) is 14.2 Å². The molecule has 0 aromatic carbocycles. The Balaban J connectivity index is 4.16. The molecule has 5 heteroatoms. The Morgan fingerprint density at radius 1 is 0.339 bits per heavy atom. The highest BCUT2D eigenvalue weighted by molar-refractivity contribution is 5.70. The van der Waals surface area contributed by atoms with Crippen LogP contribution in [0.15, 0.2) is 12.2 Å². The van der Waals surface area contributed by atoms with Crippen LogP contribution < -0.4 is 0 Å². The van der Waals surface area contributed by atoms with E-state index in [0.717, 1.165) is 44.9 Å². The summed E-state index contributed by atoms with van der Waals surface area (Å²) in [4.78, 5) is 25.4. The fourth-order valence-corrected chi connectivity index (χ4v) is 8.57. The third kappa shape index (κ3) is 51.3. The predicted octanol–water partition coefficient (Wildman–Crippen LogP) is 19.0. The molecule has 368 valence electrons. The summed E-state index contributed by atoms with van der Waals surface area (Å²) in [5.41, 5.74) is 0. The molecule has 0 aromatic rings. The van der Waals surface area contributed by atoms with E-state index in [1.807, 2.05) is 0 Å². The zero-order valence-corrected chi connectivity index (χ0v) is 42.4. The molecule has 0 saturated heterocycles. The summed E-state index contributed by atoms with van der Waals surface area (Å²) < 4.78 is 17.5. The van der Waals surface area contributed by atoms with Crippen molar-refractivity contribution in [2.45, 2.75) is 322 Å². The molecule has 62 heavy (non-hydrogen) atoms. The summed E-state index contributed by atoms with van der Waals surface area (Å²) in [5.74, 6) is -0.384. The Kier molecular flexibility index (Phi) is 52.8. The minimum Gasteiger partial charge on any atom is -0.462 e. The van der Waals surface area contributed by atoms with E-state index >= 15 is 0 Å². The molecule has 1 unspecified atom stereocenters. The Morgan fingerprint density at radius 3 is 1.00 bits per heavy atom. The van der Waals surface area contributed by atoms with Crippen molar-refractivity contribution < 1.29 is 23.8 Å². The fraction of sp³-hybridized carbons (Fsp3) is 0.930. The smallest absolute Gasteiger partial charge is 0.306 e. The van der Waals surface area contributed by atoms with Crippen LogP contribution in [0.1, 0.15) is 316 Å². The highest BCUT2D eigenvalue weighted by Gasteiger charge is 2.17. The van der Waals surface area contributed by atoms with Gasteiger partial charge in [0.2, 0.25) is 0 Å². The van der Waals surface area contributed by atoms with Gasteiger partial charge in [0.1, 0.15) is 6.61 Å². The summed E-state index contributed by atoms with van der Waals surface area (Å²) in [6.45, 7) is 7.88. The number of allylic oxidation sites excluding steroid dienone is 2. The minimum absolute atomic E-state index is 0.0905. The van der Waals surface area contributed by atoms with E-state index in [2.05, 4.69) is 32.9 Å². The molecule has 0 aliphatic rings. The van der Waals surface area contributed by atoms with E-state index in [1.165, 1.54) is 238 Å². The lowest BCUT2D eigenvalue weighted by atomic mass is 10.0. The molecular formula is C57H110O5. The SMILES string of the molecule is CCCCCC/C=C\CCCCCCCC(=O)OCC(COCCCCCCCCCCCCCCCCCCCCCC)OC(=O)CCCCCCCCCCCCCCC. The van der Waals surface area contributed by atoms with Crippen LogP contribution in [0.5, 0.6) is 0 Å². The second kappa shape index (κ2) is 54.0. The van der Waals surface area contributed by atoms with E-state index in [-0.39, 0.29) is 18.5 Å². The van der Waals surface area contributed by atoms with Crippen molar-refractivity contribution in [1.82, 2.24) is 0 Å². The number of hydrogen-bond donors (Lipinski definition) is 0. The van der Waals surface area contributed by atoms with Crippen molar-refractivity contribution in [1.29, 1.82) is 0 Å². The number of unbranched alkanes of at least 4 members (excludes halogenated alkanes) is 40. The largest absolute Gasteiger partial charge is 0.462 e. The van der Waals surface area contributed by atoms with Crippen molar-refractivity contribution in [2.24, 2.45) is 0 Å². The molecule has 0 fully saturated rings. The molecule has 0 aliphatic carbocycles. The molecule has 0 N–H and O–H groups in total. The van der Waals surface area contributed by atoms with Crippen LogP contribution in [0.3, 0.4) is 0 Å². The zero-order valence-electron chi connectivity index (χ0n) is 42.4. The first-order chi connectivity index (χ1) is 30.6. The van der Waals surface area contributed by atoms with Crippen molar-refractivity contribution in [3.63, 3.8) is 0 Å². The minimum atomic E-state index is -0.529. The third-order valence-electron chi connectivity index (χ3n) is 12.8. The number of rotatable bonds is 53. The van der Waals surface area contributed by atoms with Crippen molar-refractivity contribution in [3.05, 3.63) is 12.2 Å². The average Bonchev–Trinajstić information content (AvgIpc) is 3.27. The molecular weight excluding hydrogens is 765 g/mol. The normalized spacial score (nSPS) is 12.1. The molecule has 0 aromatic heterocycles. The van der Waals surface area contributed by atoms with Gasteiger partial charge in [0.15, 0.2) is 6.10 Å². The molecule has 0 saturated carbocycles. The van der Waals surface area contributed by atoms with Gasteiger partial charge in [-0.25, -0.2) is 0 Å². The lowest BCUT2D eigenvalue weighted by Gasteiger charge is -2.18. The predicted molar refractivity (Wildman–Crippen MR) is 270 cm³/mol. The molecule has 5 nitrogen and oxygen atoms in total. The summed E-state index contributed by atoms with van der Waals surface area (Å²) in [6.07, 6.45) is 62.3. The van der Waals surface area contributed by atoms with E-state index in [1.54, 1.807) is 0 Å². The lowest BCUT2D eigenvalue weighted by molar-refractivity contribution is -0.163. The van der Waals surface area contributed by atoms with Crippen LogP contribution in [0.25, 0.3) is 0 Å². The summed E-state index contributed by atoms with van der Waals surface area (Å²) in [6, 6.07) is 0. The van der Waals surface area contributed by atoms with Crippen LogP contribution in [0.4, 0.5) is 0 Å². The van der Waals surface area contributed by atoms with E-state index in [9.17, 15) is 9.59 Å². The Bertz CT molecular complexity index is 902. The van der Waals surface area contributed by atoms with Gasteiger partial charge in [-0.15, -0.1) is 0 Å². The molecule has 0 bridgehead atoms. The van der Waals surface area contributed by atoms with Crippen molar-refractivity contribution in [3.8, 4) is 0 Å². The van der Waals surface area contributed by atoms with Gasteiger partial charge in [0, 0.05) is 19.4 Å². The van der Waals surface area contributed by atoms with Gasteiger partial charge >= 0.3 is 11.9 Å². The monoisotopic (exact) mass is 875 g/mol.